The lowest BCUT2D eigenvalue weighted by molar-refractivity contribution is 0.626. The summed E-state index contributed by atoms with van der Waals surface area (Å²) >= 11 is 1.92. The molecule has 1 N–H and O–H groups in total. The summed E-state index contributed by atoms with van der Waals surface area (Å²) in [7, 11) is 2.01. The minimum atomic E-state index is 0.419. The molecule has 0 unspecified atom stereocenters. The second kappa shape index (κ2) is 4.46. The van der Waals surface area contributed by atoms with Gasteiger partial charge in [-0.2, -0.15) is 0 Å². The molecule has 0 spiro atoms. The molecule has 2 nitrogen and oxygen atoms in total. The summed E-state index contributed by atoms with van der Waals surface area (Å²) in [6.45, 7) is 7.84. The van der Waals surface area contributed by atoms with Crippen LogP contribution in [0.1, 0.15) is 49.2 Å². The zero-order valence-electron chi connectivity index (χ0n) is 10.8. The molecule has 0 amide bonds. The van der Waals surface area contributed by atoms with Gasteiger partial charge in [0.15, 0.2) is 0 Å². The summed E-state index contributed by atoms with van der Waals surface area (Å²) in [5.74, 6) is 0.692. The van der Waals surface area contributed by atoms with Gasteiger partial charge in [0.1, 0.15) is 0 Å². The van der Waals surface area contributed by atoms with Crippen molar-refractivity contribution >= 4 is 11.3 Å². The Hall–Kier alpha value is -0.410. The Morgan fingerprint density at radius 3 is 2.62 bits per heavy atom. The maximum Gasteiger partial charge on any atom is 0.0990 e. The molecule has 1 heterocycles. The van der Waals surface area contributed by atoms with Gasteiger partial charge in [-0.15, -0.1) is 11.3 Å². The third-order valence-electron chi connectivity index (χ3n) is 3.23. The summed E-state index contributed by atoms with van der Waals surface area (Å²) in [5, 5.41) is 4.62. The van der Waals surface area contributed by atoms with Crippen molar-refractivity contribution in [2.24, 2.45) is 5.92 Å². The molecule has 1 aromatic heterocycles. The third-order valence-corrected chi connectivity index (χ3v) is 4.64. The highest BCUT2D eigenvalue weighted by molar-refractivity contribution is 7.12. The average Bonchev–Trinajstić information content (AvgIpc) is 2.82. The summed E-state index contributed by atoms with van der Waals surface area (Å²) in [4.78, 5) is 6.33. The molecular weight excluding hydrogens is 216 g/mol. The van der Waals surface area contributed by atoms with Gasteiger partial charge in [-0.3, -0.25) is 0 Å². The Labute approximate surface area is 102 Å². The second-order valence-corrected chi connectivity index (χ2v) is 6.66. The fraction of sp³-hybridized carbons (Fsp3) is 0.769. The van der Waals surface area contributed by atoms with Crippen LogP contribution in [-0.2, 0) is 18.4 Å². The standard InChI is InChI=1S/C13H22N2S/c1-9(2)7-10-11(8-14-4)16-12(15-10)13(3)5-6-13/h9,14H,5-8H2,1-4H3. The Balaban J connectivity index is 2.23. The molecule has 2 rings (SSSR count). The van der Waals surface area contributed by atoms with Crippen molar-refractivity contribution in [2.45, 2.75) is 52.0 Å². The molecular formula is C13H22N2S. The fourth-order valence-electron chi connectivity index (χ4n) is 1.89. The lowest BCUT2D eigenvalue weighted by Crippen LogP contribution is -2.07. The second-order valence-electron chi connectivity index (χ2n) is 5.58. The first-order chi connectivity index (χ1) is 7.55. The molecule has 0 aromatic carbocycles. The van der Waals surface area contributed by atoms with E-state index in [1.807, 2.05) is 18.4 Å². The number of thiazole rings is 1. The Bertz CT molecular complexity index is 364. The lowest BCUT2D eigenvalue weighted by Gasteiger charge is -2.04. The quantitative estimate of drug-likeness (QED) is 0.852. The van der Waals surface area contributed by atoms with E-state index in [4.69, 9.17) is 4.98 Å². The van der Waals surface area contributed by atoms with E-state index in [-0.39, 0.29) is 0 Å². The van der Waals surface area contributed by atoms with Crippen molar-refractivity contribution < 1.29 is 0 Å². The highest BCUT2D eigenvalue weighted by Gasteiger charge is 2.42. The van der Waals surface area contributed by atoms with E-state index < -0.39 is 0 Å². The highest BCUT2D eigenvalue weighted by atomic mass is 32.1. The average molecular weight is 238 g/mol. The zero-order chi connectivity index (χ0) is 11.8. The number of aromatic nitrogens is 1. The molecule has 1 fully saturated rings. The van der Waals surface area contributed by atoms with Crippen molar-refractivity contribution in [3.63, 3.8) is 0 Å². The van der Waals surface area contributed by atoms with Crippen molar-refractivity contribution in [3.8, 4) is 0 Å². The van der Waals surface area contributed by atoms with E-state index in [0.29, 0.717) is 11.3 Å². The van der Waals surface area contributed by atoms with E-state index in [1.165, 1.54) is 28.4 Å². The van der Waals surface area contributed by atoms with Crippen LogP contribution in [0.4, 0.5) is 0 Å². The van der Waals surface area contributed by atoms with Crippen LogP contribution in [0.3, 0.4) is 0 Å². The molecule has 1 aliphatic rings. The first-order valence-electron chi connectivity index (χ1n) is 6.19. The summed E-state index contributed by atoms with van der Waals surface area (Å²) in [5.41, 5.74) is 1.75. The Morgan fingerprint density at radius 2 is 2.12 bits per heavy atom. The van der Waals surface area contributed by atoms with Gasteiger partial charge in [-0.05, 0) is 32.2 Å². The van der Waals surface area contributed by atoms with E-state index in [0.717, 1.165) is 13.0 Å². The van der Waals surface area contributed by atoms with Crippen LogP contribution in [0.15, 0.2) is 0 Å². The zero-order valence-corrected chi connectivity index (χ0v) is 11.6. The Morgan fingerprint density at radius 1 is 1.44 bits per heavy atom. The van der Waals surface area contributed by atoms with E-state index in [9.17, 15) is 0 Å². The maximum atomic E-state index is 4.88. The van der Waals surface area contributed by atoms with Crippen molar-refractivity contribution in [3.05, 3.63) is 15.6 Å². The topological polar surface area (TPSA) is 24.9 Å². The molecule has 0 atom stereocenters. The summed E-state index contributed by atoms with van der Waals surface area (Å²) in [6.07, 6.45) is 3.75. The fourth-order valence-corrected chi connectivity index (χ4v) is 3.19. The van der Waals surface area contributed by atoms with Crippen molar-refractivity contribution in [2.75, 3.05) is 7.05 Å². The molecule has 1 saturated carbocycles. The number of hydrogen-bond donors (Lipinski definition) is 1. The van der Waals surface area contributed by atoms with Gasteiger partial charge in [0.2, 0.25) is 0 Å². The van der Waals surface area contributed by atoms with Crippen LogP contribution in [0.25, 0.3) is 0 Å². The number of rotatable bonds is 5. The van der Waals surface area contributed by atoms with E-state index >= 15 is 0 Å². The molecule has 1 aliphatic carbocycles. The largest absolute Gasteiger partial charge is 0.315 e. The maximum absolute atomic E-state index is 4.88. The normalized spacial score (nSPS) is 18.1. The first kappa shape index (κ1) is 12.1. The van der Waals surface area contributed by atoms with Gasteiger partial charge in [0.25, 0.3) is 0 Å². The van der Waals surface area contributed by atoms with Crippen LogP contribution in [0.5, 0.6) is 0 Å². The first-order valence-corrected chi connectivity index (χ1v) is 7.00. The van der Waals surface area contributed by atoms with Crippen LogP contribution >= 0.6 is 11.3 Å². The predicted octanol–water partition coefficient (Wildman–Crippen LogP) is 3.11. The van der Waals surface area contributed by atoms with Crippen molar-refractivity contribution in [1.82, 2.24) is 10.3 Å². The van der Waals surface area contributed by atoms with Crippen molar-refractivity contribution in [1.29, 1.82) is 0 Å². The molecule has 90 valence electrons. The molecule has 0 aliphatic heterocycles. The van der Waals surface area contributed by atoms with Crippen LogP contribution < -0.4 is 5.32 Å². The molecule has 3 heteroatoms. The van der Waals surface area contributed by atoms with Crippen LogP contribution in [0, 0.1) is 5.92 Å². The van der Waals surface area contributed by atoms with Crippen LogP contribution in [0.2, 0.25) is 0 Å². The predicted molar refractivity (Wildman–Crippen MR) is 70.0 cm³/mol. The minimum Gasteiger partial charge on any atom is -0.315 e. The molecule has 0 saturated heterocycles. The van der Waals surface area contributed by atoms with E-state index in [2.05, 4.69) is 26.1 Å². The van der Waals surface area contributed by atoms with Gasteiger partial charge in [0.05, 0.1) is 10.7 Å². The van der Waals surface area contributed by atoms with Gasteiger partial charge < -0.3 is 5.32 Å². The molecule has 16 heavy (non-hydrogen) atoms. The molecule has 1 aromatic rings. The van der Waals surface area contributed by atoms with Gasteiger partial charge in [-0.25, -0.2) is 4.98 Å². The highest BCUT2D eigenvalue weighted by Crippen LogP contribution is 2.49. The van der Waals surface area contributed by atoms with Gasteiger partial charge in [-0.1, -0.05) is 20.8 Å². The van der Waals surface area contributed by atoms with Crippen LogP contribution in [-0.4, -0.2) is 12.0 Å². The molecule has 0 radical (unpaired) electrons. The molecule has 0 bridgehead atoms. The Kier molecular flexibility index (Phi) is 3.36. The van der Waals surface area contributed by atoms with Gasteiger partial charge >= 0.3 is 0 Å². The monoisotopic (exact) mass is 238 g/mol. The number of nitrogens with zero attached hydrogens (tertiary/aromatic N) is 1. The third kappa shape index (κ3) is 2.46. The lowest BCUT2D eigenvalue weighted by atomic mass is 10.1. The number of hydrogen-bond acceptors (Lipinski definition) is 3. The van der Waals surface area contributed by atoms with E-state index in [1.54, 1.807) is 0 Å². The SMILES string of the molecule is CNCc1sc(C2(C)CC2)nc1CC(C)C. The summed E-state index contributed by atoms with van der Waals surface area (Å²) < 4.78 is 0. The number of nitrogens with one attached hydrogen (secondary N) is 1. The summed E-state index contributed by atoms with van der Waals surface area (Å²) in [6, 6.07) is 0. The van der Waals surface area contributed by atoms with Gasteiger partial charge in [0, 0.05) is 16.8 Å². The smallest absolute Gasteiger partial charge is 0.0990 e. The minimum absolute atomic E-state index is 0.419.